The van der Waals surface area contributed by atoms with Crippen LogP contribution in [-0.2, 0) is 0 Å². The number of nitrogen functional groups attached to an aromatic ring is 1. The zero-order valence-electron chi connectivity index (χ0n) is 11.3. The van der Waals surface area contributed by atoms with Crippen LogP contribution < -0.4 is 5.73 Å². The zero-order chi connectivity index (χ0) is 14.2. The van der Waals surface area contributed by atoms with E-state index < -0.39 is 0 Å². The summed E-state index contributed by atoms with van der Waals surface area (Å²) in [4.78, 5) is 12.5. The summed E-state index contributed by atoms with van der Waals surface area (Å²) < 4.78 is 1.02. The van der Waals surface area contributed by atoms with Gasteiger partial charge in [0.2, 0.25) is 0 Å². The Morgan fingerprint density at radius 3 is 2.32 bits per heavy atom. The van der Waals surface area contributed by atoms with E-state index in [0.717, 1.165) is 26.7 Å². The molecule has 98 valence electrons. The second-order valence-electron chi connectivity index (χ2n) is 4.82. The molecule has 0 radical (unpaired) electrons. The third kappa shape index (κ3) is 2.71. The van der Waals surface area contributed by atoms with Crippen molar-refractivity contribution in [3.63, 3.8) is 0 Å². The van der Waals surface area contributed by atoms with Gasteiger partial charge in [0.1, 0.15) is 0 Å². The Balaban J connectivity index is 2.49. The third-order valence-electron chi connectivity index (χ3n) is 3.29. The van der Waals surface area contributed by atoms with Gasteiger partial charge in [0.15, 0.2) is 5.78 Å². The number of carbonyl (C=O) groups excluding carboxylic acids is 1. The summed E-state index contributed by atoms with van der Waals surface area (Å²) >= 11 is 3.48. The van der Waals surface area contributed by atoms with Crippen LogP contribution in [0, 0.1) is 20.8 Å². The van der Waals surface area contributed by atoms with Crippen molar-refractivity contribution in [2.75, 3.05) is 5.73 Å². The average molecular weight is 318 g/mol. The van der Waals surface area contributed by atoms with Gasteiger partial charge in [0, 0.05) is 21.3 Å². The van der Waals surface area contributed by atoms with Gasteiger partial charge in [-0.25, -0.2) is 0 Å². The highest BCUT2D eigenvalue weighted by Gasteiger charge is 2.14. The van der Waals surface area contributed by atoms with Crippen molar-refractivity contribution in [2.45, 2.75) is 20.8 Å². The van der Waals surface area contributed by atoms with Crippen LogP contribution in [0.25, 0.3) is 0 Å². The normalized spacial score (nSPS) is 10.5. The fourth-order valence-corrected chi connectivity index (χ4v) is 2.42. The van der Waals surface area contributed by atoms with Crippen LogP contribution in [-0.4, -0.2) is 5.78 Å². The SMILES string of the molecule is Cc1ccc(C(=O)c2cc(C)c(Br)cc2C)cc1N. The van der Waals surface area contributed by atoms with Gasteiger partial charge in [0.25, 0.3) is 0 Å². The van der Waals surface area contributed by atoms with E-state index in [1.807, 2.05) is 45.0 Å². The second-order valence-corrected chi connectivity index (χ2v) is 5.67. The molecule has 2 aromatic carbocycles. The number of hydrogen-bond donors (Lipinski definition) is 1. The van der Waals surface area contributed by atoms with E-state index in [-0.39, 0.29) is 5.78 Å². The topological polar surface area (TPSA) is 43.1 Å². The van der Waals surface area contributed by atoms with E-state index in [4.69, 9.17) is 5.73 Å². The Morgan fingerprint density at radius 2 is 1.68 bits per heavy atom. The minimum atomic E-state index is 0.0137. The minimum absolute atomic E-state index is 0.0137. The van der Waals surface area contributed by atoms with Gasteiger partial charge in [-0.3, -0.25) is 4.79 Å². The number of anilines is 1. The van der Waals surface area contributed by atoms with Gasteiger partial charge >= 0.3 is 0 Å². The maximum absolute atomic E-state index is 12.5. The highest BCUT2D eigenvalue weighted by Crippen LogP contribution is 2.24. The fraction of sp³-hybridized carbons (Fsp3) is 0.188. The Hall–Kier alpha value is -1.61. The standard InChI is InChI=1S/C16H16BrNO/c1-9-4-5-12(8-15(9)18)16(19)13-6-11(3)14(17)7-10(13)2/h4-8H,18H2,1-3H3. The van der Waals surface area contributed by atoms with Gasteiger partial charge in [-0.05, 0) is 55.7 Å². The summed E-state index contributed by atoms with van der Waals surface area (Å²) in [7, 11) is 0. The Kier molecular flexibility index (Phi) is 3.76. The van der Waals surface area contributed by atoms with E-state index >= 15 is 0 Å². The van der Waals surface area contributed by atoms with Crippen LogP contribution in [0.2, 0.25) is 0 Å². The molecule has 0 saturated heterocycles. The molecule has 0 saturated carbocycles. The van der Waals surface area contributed by atoms with Gasteiger partial charge < -0.3 is 5.73 Å². The molecule has 0 aromatic heterocycles. The number of benzene rings is 2. The largest absolute Gasteiger partial charge is 0.398 e. The highest BCUT2D eigenvalue weighted by molar-refractivity contribution is 9.10. The smallest absolute Gasteiger partial charge is 0.193 e. The molecule has 0 heterocycles. The minimum Gasteiger partial charge on any atom is -0.398 e. The predicted octanol–water partition coefficient (Wildman–Crippen LogP) is 4.19. The zero-order valence-corrected chi connectivity index (χ0v) is 12.8. The summed E-state index contributed by atoms with van der Waals surface area (Å²) in [6, 6.07) is 9.33. The van der Waals surface area contributed by atoms with Gasteiger partial charge in [0.05, 0.1) is 0 Å². The van der Waals surface area contributed by atoms with E-state index in [0.29, 0.717) is 11.3 Å². The van der Waals surface area contributed by atoms with Crippen molar-refractivity contribution in [2.24, 2.45) is 0 Å². The molecule has 0 unspecified atom stereocenters. The van der Waals surface area contributed by atoms with E-state index in [1.165, 1.54) is 0 Å². The number of aryl methyl sites for hydroxylation is 3. The first kappa shape index (κ1) is 13.8. The molecule has 3 heteroatoms. The van der Waals surface area contributed by atoms with Crippen LogP contribution in [0.1, 0.15) is 32.6 Å². The van der Waals surface area contributed by atoms with Gasteiger partial charge in [-0.2, -0.15) is 0 Å². The molecule has 0 amide bonds. The van der Waals surface area contributed by atoms with Crippen LogP contribution in [0.15, 0.2) is 34.8 Å². The molecule has 0 aliphatic rings. The lowest BCUT2D eigenvalue weighted by molar-refractivity contribution is 0.103. The quantitative estimate of drug-likeness (QED) is 0.666. The van der Waals surface area contributed by atoms with Crippen LogP contribution in [0.3, 0.4) is 0 Å². The molecule has 2 N–H and O–H groups in total. The summed E-state index contributed by atoms with van der Waals surface area (Å²) in [6.07, 6.45) is 0. The first-order valence-electron chi connectivity index (χ1n) is 6.07. The molecular formula is C16H16BrNO. The lowest BCUT2D eigenvalue weighted by Crippen LogP contribution is -2.05. The molecule has 0 fully saturated rings. The summed E-state index contributed by atoms with van der Waals surface area (Å²) in [5, 5.41) is 0. The highest BCUT2D eigenvalue weighted by atomic mass is 79.9. The maximum Gasteiger partial charge on any atom is 0.193 e. The number of nitrogens with two attached hydrogens (primary N) is 1. The van der Waals surface area contributed by atoms with E-state index in [9.17, 15) is 4.79 Å². The summed E-state index contributed by atoms with van der Waals surface area (Å²) in [6.45, 7) is 5.84. The number of rotatable bonds is 2. The molecule has 0 aliphatic heterocycles. The Labute approximate surface area is 121 Å². The molecular weight excluding hydrogens is 302 g/mol. The number of hydrogen-bond acceptors (Lipinski definition) is 2. The van der Waals surface area contributed by atoms with Crippen molar-refractivity contribution in [1.82, 2.24) is 0 Å². The number of halogens is 1. The van der Waals surface area contributed by atoms with Crippen molar-refractivity contribution in [3.05, 3.63) is 62.6 Å². The fourth-order valence-electron chi connectivity index (χ4n) is 1.96. The first-order valence-corrected chi connectivity index (χ1v) is 6.87. The first-order chi connectivity index (χ1) is 8.90. The maximum atomic E-state index is 12.5. The van der Waals surface area contributed by atoms with Gasteiger partial charge in [-0.1, -0.05) is 28.1 Å². The molecule has 2 rings (SSSR count). The molecule has 2 aromatic rings. The van der Waals surface area contributed by atoms with Crippen LogP contribution >= 0.6 is 15.9 Å². The summed E-state index contributed by atoms with van der Waals surface area (Å²) in [5.74, 6) is 0.0137. The third-order valence-corrected chi connectivity index (χ3v) is 4.15. The number of ketones is 1. The lowest BCUT2D eigenvalue weighted by Gasteiger charge is -2.09. The molecule has 0 bridgehead atoms. The van der Waals surface area contributed by atoms with Crippen molar-refractivity contribution < 1.29 is 4.79 Å². The van der Waals surface area contributed by atoms with Crippen LogP contribution in [0.5, 0.6) is 0 Å². The monoisotopic (exact) mass is 317 g/mol. The second kappa shape index (κ2) is 5.17. The molecule has 0 atom stereocenters. The van der Waals surface area contributed by atoms with Crippen LogP contribution in [0.4, 0.5) is 5.69 Å². The number of carbonyl (C=O) groups is 1. The molecule has 0 spiro atoms. The van der Waals surface area contributed by atoms with Gasteiger partial charge in [-0.15, -0.1) is 0 Å². The molecule has 0 aliphatic carbocycles. The lowest BCUT2D eigenvalue weighted by atomic mass is 9.96. The van der Waals surface area contributed by atoms with Crippen molar-refractivity contribution in [3.8, 4) is 0 Å². The van der Waals surface area contributed by atoms with E-state index in [2.05, 4.69) is 15.9 Å². The Bertz CT molecular complexity index is 662. The molecule has 2 nitrogen and oxygen atoms in total. The van der Waals surface area contributed by atoms with Crippen molar-refractivity contribution in [1.29, 1.82) is 0 Å². The molecule has 19 heavy (non-hydrogen) atoms. The van der Waals surface area contributed by atoms with Crippen molar-refractivity contribution >= 4 is 27.4 Å². The predicted molar refractivity (Wildman–Crippen MR) is 82.6 cm³/mol. The average Bonchev–Trinajstić information content (AvgIpc) is 2.36. The van der Waals surface area contributed by atoms with E-state index in [1.54, 1.807) is 6.07 Å². The summed E-state index contributed by atoms with van der Waals surface area (Å²) in [5.41, 5.74) is 10.9. The Morgan fingerprint density at radius 1 is 1.00 bits per heavy atom.